The topological polar surface area (TPSA) is 72.9 Å². The molecular weight excluding hydrogens is 250 g/mol. The van der Waals surface area contributed by atoms with Crippen molar-refractivity contribution in [2.75, 3.05) is 20.2 Å². The molecule has 1 heterocycles. The molecule has 0 aromatic carbocycles. The van der Waals surface area contributed by atoms with E-state index in [0.717, 1.165) is 0 Å². The number of ether oxygens (including phenoxy) is 2. The van der Waals surface area contributed by atoms with Gasteiger partial charge in [0, 0.05) is 25.4 Å². The van der Waals surface area contributed by atoms with Crippen molar-refractivity contribution in [2.45, 2.75) is 39.2 Å². The normalized spacial score (nSPS) is 20.1. The summed E-state index contributed by atoms with van der Waals surface area (Å²) in [4.78, 5) is 36.3. The molecule has 1 atom stereocenters. The Bertz CT molecular complexity index is 372. The highest BCUT2D eigenvalue weighted by Crippen LogP contribution is 2.19. The van der Waals surface area contributed by atoms with Crippen LogP contribution in [0.2, 0.25) is 0 Å². The molecule has 0 spiro atoms. The summed E-state index contributed by atoms with van der Waals surface area (Å²) in [7, 11) is 1.28. The van der Waals surface area contributed by atoms with Crippen molar-refractivity contribution in [1.82, 2.24) is 4.90 Å². The van der Waals surface area contributed by atoms with Crippen molar-refractivity contribution in [3.8, 4) is 0 Å². The maximum Gasteiger partial charge on any atom is 0.410 e. The second-order valence-corrected chi connectivity index (χ2v) is 5.62. The van der Waals surface area contributed by atoms with Crippen molar-refractivity contribution in [2.24, 2.45) is 5.92 Å². The van der Waals surface area contributed by atoms with Gasteiger partial charge in [-0.15, -0.1) is 0 Å². The fraction of sp³-hybridized carbons (Fsp3) is 0.769. The fourth-order valence-corrected chi connectivity index (χ4v) is 1.86. The summed E-state index contributed by atoms with van der Waals surface area (Å²) in [6.07, 6.45) is -0.190. The van der Waals surface area contributed by atoms with Crippen LogP contribution in [0.5, 0.6) is 0 Å². The van der Waals surface area contributed by atoms with Crippen LogP contribution in [0.4, 0.5) is 4.79 Å². The van der Waals surface area contributed by atoms with Crippen LogP contribution in [0.25, 0.3) is 0 Å². The molecule has 0 aromatic rings. The van der Waals surface area contributed by atoms with E-state index in [0.29, 0.717) is 6.54 Å². The largest absolute Gasteiger partial charge is 0.469 e. The molecule has 1 aliphatic heterocycles. The van der Waals surface area contributed by atoms with E-state index in [4.69, 9.17) is 4.74 Å². The number of ketones is 1. The van der Waals surface area contributed by atoms with Gasteiger partial charge in [-0.25, -0.2) is 4.79 Å². The molecule has 6 nitrogen and oxygen atoms in total. The molecule has 108 valence electrons. The van der Waals surface area contributed by atoms with Gasteiger partial charge in [-0.05, 0) is 20.8 Å². The van der Waals surface area contributed by atoms with Gasteiger partial charge in [-0.3, -0.25) is 9.59 Å². The van der Waals surface area contributed by atoms with Crippen molar-refractivity contribution >= 4 is 17.8 Å². The molecule has 1 rings (SSSR count). The van der Waals surface area contributed by atoms with E-state index in [-0.39, 0.29) is 25.2 Å². The molecule has 0 bridgehead atoms. The molecule has 0 radical (unpaired) electrons. The Labute approximate surface area is 113 Å². The minimum atomic E-state index is -0.573. The lowest BCUT2D eigenvalue weighted by atomic mass is 9.93. The van der Waals surface area contributed by atoms with Crippen LogP contribution in [0.15, 0.2) is 0 Å². The number of rotatable bonds is 2. The van der Waals surface area contributed by atoms with Gasteiger partial charge in [0.05, 0.1) is 13.5 Å². The molecule has 0 aromatic heterocycles. The molecule has 1 amide bonds. The number of methoxy groups -OCH3 is 1. The number of likely N-dealkylation sites (tertiary alicyclic amines) is 1. The number of carbonyl (C=O) groups excluding carboxylic acids is 3. The Morgan fingerprint density at radius 2 is 2.00 bits per heavy atom. The third kappa shape index (κ3) is 4.89. The number of amides is 1. The van der Waals surface area contributed by atoms with Crippen molar-refractivity contribution in [3.63, 3.8) is 0 Å². The van der Waals surface area contributed by atoms with Gasteiger partial charge in [-0.1, -0.05) is 0 Å². The second-order valence-electron chi connectivity index (χ2n) is 5.62. The summed E-state index contributed by atoms with van der Waals surface area (Å²) in [5, 5.41) is 0. The summed E-state index contributed by atoms with van der Waals surface area (Å²) in [5.74, 6) is -0.941. The molecule has 0 unspecified atom stereocenters. The Morgan fingerprint density at radius 3 is 2.53 bits per heavy atom. The smallest absolute Gasteiger partial charge is 0.410 e. The Hall–Kier alpha value is -1.59. The number of hydrogen-bond acceptors (Lipinski definition) is 5. The zero-order valence-corrected chi connectivity index (χ0v) is 11.9. The Morgan fingerprint density at radius 1 is 1.37 bits per heavy atom. The average Bonchev–Trinajstić information content (AvgIpc) is 2.29. The van der Waals surface area contributed by atoms with E-state index in [1.807, 2.05) is 0 Å². The molecule has 1 aliphatic rings. The van der Waals surface area contributed by atoms with Crippen LogP contribution in [0.1, 0.15) is 33.6 Å². The first-order chi connectivity index (χ1) is 8.73. The third-order valence-electron chi connectivity index (χ3n) is 2.82. The van der Waals surface area contributed by atoms with Gasteiger partial charge >= 0.3 is 12.1 Å². The van der Waals surface area contributed by atoms with E-state index in [9.17, 15) is 14.4 Å². The van der Waals surface area contributed by atoms with E-state index in [2.05, 4.69) is 4.74 Å². The van der Waals surface area contributed by atoms with Gasteiger partial charge in [0.15, 0.2) is 0 Å². The monoisotopic (exact) mass is 271 g/mol. The molecule has 19 heavy (non-hydrogen) atoms. The third-order valence-corrected chi connectivity index (χ3v) is 2.82. The number of esters is 1. The van der Waals surface area contributed by atoms with Gasteiger partial charge in [0.25, 0.3) is 0 Å². The summed E-state index contributed by atoms with van der Waals surface area (Å²) >= 11 is 0. The molecule has 1 saturated heterocycles. The van der Waals surface area contributed by atoms with E-state index < -0.39 is 23.6 Å². The lowest BCUT2D eigenvalue weighted by Gasteiger charge is -2.33. The van der Waals surface area contributed by atoms with Crippen LogP contribution in [0.3, 0.4) is 0 Å². The van der Waals surface area contributed by atoms with E-state index in [1.54, 1.807) is 20.8 Å². The zero-order chi connectivity index (χ0) is 14.6. The summed E-state index contributed by atoms with van der Waals surface area (Å²) < 4.78 is 9.80. The van der Waals surface area contributed by atoms with Gasteiger partial charge in [-0.2, -0.15) is 0 Å². The SMILES string of the molecule is COC(=O)C[C@H]1CN(C(=O)OC(C)(C)C)CCC1=O. The highest BCUT2D eigenvalue weighted by atomic mass is 16.6. The highest BCUT2D eigenvalue weighted by molar-refractivity contribution is 5.87. The van der Waals surface area contributed by atoms with Gasteiger partial charge in [0.2, 0.25) is 0 Å². The maximum atomic E-state index is 11.9. The molecule has 0 saturated carbocycles. The summed E-state index contributed by atoms with van der Waals surface area (Å²) in [6, 6.07) is 0. The average molecular weight is 271 g/mol. The predicted molar refractivity (Wildman–Crippen MR) is 67.6 cm³/mol. The van der Waals surface area contributed by atoms with Gasteiger partial charge in [0.1, 0.15) is 11.4 Å². The van der Waals surface area contributed by atoms with Gasteiger partial charge < -0.3 is 14.4 Å². The molecule has 0 N–H and O–H groups in total. The number of carbonyl (C=O) groups is 3. The quantitative estimate of drug-likeness (QED) is 0.709. The first-order valence-corrected chi connectivity index (χ1v) is 6.30. The van der Waals surface area contributed by atoms with Crippen molar-refractivity contribution in [3.05, 3.63) is 0 Å². The van der Waals surface area contributed by atoms with Crippen molar-refractivity contribution < 1.29 is 23.9 Å². The Balaban J connectivity index is 2.61. The number of nitrogens with zero attached hydrogens (tertiary/aromatic N) is 1. The minimum absolute atomic E-state index is 0.00856. The first kappa shape index (κ1) is 15.5. The zero-order valence-electron chi connectivity index (χ0n) is 11.9. The number of piperidine rings is 1. The maximum absolute atomic E-state index is 11.9. The fourth-order valence-electron chi connectivity index (χ4n) is 1.86. The minimum Gasteiger partial charge on any atom is -0.469 e. The summed E-state index contributed by atoms with van der Waals surface area (Å²) in [5.41, 5.74) is -0.573. The highest BCUT2D eigenvalue weighted by Gasteiger charge is 2.33. The molecular formula is C13H21NO5. The second kappa shape index (κ2) is 6.04. The summed E-state index contributed by atoms with van der Waals surface area (Å²) in [6.45, 7) is 5.90. The standard InChI is InChI=1S/C13H21NO5/c1-13(2,3)19-12(17)14-6-5-10(15)9(8-14)7-11(16)18-4/h9H,5-8H2,1-4H3/t9-/m0/s1. The van der Waals surface area contributed by atoms with Crippen LogP contribution >= 0.6 is 0 Å². The van der Waals surface area contributed by atoms with Crippen LogP contribution in [-0.4, -0.2) is 48.5 Å². The Kier molecular flexibility index (Phi) is 4.91. The van der Waals surface area contributed by atoms with Crippen LogP contribution in [-0.2, 0) is 19.1 Å². The molecule has 0 aliphatic carbocycles. The molecule has 6 heteroatoms. The van der Waals surface area contributed by atoms with Crippen LogP contribution in [0, 0.1) is 5.92 Å². The van der Waals surface area contributed by atoms with Crippen LogP contribution < -0.4 is 0 Å². The predicted octanol–water partition coefficient (Wildman–Crippen LogP) is 1.38. The number of Topliss-reactive ketones (excluding diaryl/α,β-unsaturated/α-hetero) is 1. The van der Waals surface area contributed by atoms with E-state index >= 15 is 0 Å². The lowest BCUT2D eigenvalue weighted by Crippen LogP contribution is -2.46. The van der Waals surface area contributed by atoms with E-state index in [1.165, 1.54) is 12.0 Å². The molecule has 1 fully saturated rings. The van der Waals surface area contributed by atoms with Crippen molar-refractivity contribution in [1.29, 1.82) is 0 Å². The number of hydrogen-bond donors (Lipinski definition) is 0. The lowest BCUT2D eigenvalue weighted by molar-refractivity contribution is -0.145. The first-order valence-electron chi connectivity index (χ1n) is 6.30.